The highest BCUT2D eigenvalue weighted by molar-refractivity contribution is 6.08. The molecule has 2 aromatic heterocycles. The van der Waals surface area contributed by atoms with Crippen molar-refractivity contribution in [1.82, 2.24) is 14.8 Å². The highest BCUT2D eigenvalue weighted by Crippen LogP contribution is 2.30. The van der Waals surface area contributed by atoms with Crippen molar-refractivity contribution in [3.05, 3.63) is 82.0 Å². The van der Waals surface area contributed by atoms with Gasteiger partial charge in [-0.05, 0) is 60.2 Å². The molecular formula is C25H25N3O2. The first-order valence-electron chi connectivity index (χ1n) is 10.6. The lowest BCUT2D eigenvalue weighted by atomic mass is 9.92. The predicted molar refractivity (Wildman–Crippen MR) is 119 cm³/mol. The van der Waals surface area contributed by atoms with Crippen molar-refractivity contribution in [2.45, 2.75) is 51.2 Å². The van der Waals surface area contributed by atoms with Gasteiger partial charge in [0.1, 0.15) is 0 Å². The molecule has 5 nitrogen and oxygen atoms in total. The van der Waals surface area contributed by atoms with E-state index < -0.39 is 6.10 Å². The molecule has 5 heteroatoms. The van der Waals surface area contributed by atoms with Crippen LogP contribution in [-0.4, -0.2) is 26.0 Å². The fraction of sp³-hybridized carbons (Fsp3) is 0.320. The first kappa shape index (κ1) is 18.9. The Labute approximate surface area is 175 Å². The van der Waals surface area contributed by atoms with E-state index in [1.54, 1.807) is 6.20 Å². The summed E-state index contributed by atoms with van der Waals surface area (Å²) in [5.41, 5.74) is 3.08. The van der Waals surface area contributed by atoms with E-state index in [1.165, 1.54) is 4.68 Å². The second-order valence-corrected chi connectivity index (χ2v) is 8.34. The van der Waals surface area contributed by atoms with Crippen molar-refractivity contribution >= 4 is 21.5 Å². The maximum atomic E-state index is 13.4. The van der Waals surface area contributed by atoms with Gasteiger partial charge in [-0.1, -0.05) is 43.2 Å². The van der Waals surface area contributed by atoms with Crippen molar-refractivity contribution in [1.29, 1.82) is 0 Å². The van der Waals surface area contributed by atoms with Gasteiger partial charge < -0.3 is 5.11 Å². The van der Waals surface area contributed by atoms with Crippen LogP contribution in [0.5, 0.6) is 0 Å². The number of hydrogen-bond donors (Lipinski definition) is 1. The standard InChI is InChI=1S/C25H25N3O2/c1-16-10-11-17(14-26-16)12-18-13-21-22(20-7-3-2-6-19(18)20)15-27-28(25(21)30)23-8-4-5-9-24(23)29/h2-3,6-7,10-11,13-15,23-24,29H,4-5,8-9,12H2,1H3/t23-,24-/m0/s1. The molecule has 30 heavy (non-hydrogen) atoms. The molecule has 2 heterocycles. The van der Waals surface area contributed by atoms with Crippen molar-refractivity contribution in [3.63, 3.8) is 0 Å². The highest BCUT2D eigenvalue weighted by Gasteiger charge is 2.27. The number of aliphatic hydroxyl groups is 1. The van der Waals surface area contributed by atoms with E-state index in [9.17, 15) is 9.90 Å². The van der Waals surface area contributed by atoms with Gasteiger partial charge in [0.25, 0.3) is 5.56 Å². The maximum absolute atomic E-state index is 13.4. The number of fused-ring (bicyclic) bond motifs is 3. The number of pyridine rings is 1. The highest BCUT2D eigenvalue weighted by atomic mass is 16.3. The number of rotatable bonds is 3. The predicted octanol–water partition coefficient (Wildman–Crippen LogP) is 4.32. The summed E-state index contributed by atoms with van der Waals surface area (Å²) in [7, 11) is 0. The van der Waals surface area contributed by atoms with E-state index in [4.69, 9.17) is 0 Å². The molecule has 1 N–H and O–H groups in total. The Balaban J connectivity index is 1.70. The largest absolute Gasteiger partial charge is 0.391 e. The van der Waals surface area contributed by atoms with Crippen LogP contribution < -0.4 is 5.56 Å². The maximum Gasteiger partial charge on any atom is 0.275 e. The molecule has 0 radical (unpaired) electrons. The first-order chi connectivity index (χ1) is 14.6. The molecule has 2 aromatic carbocycles. The molecule has 1 aliphatic carbocycles. The van der Waals surface area contributed by atoms with E-state index in [0.717, 1.165) is 58.7 Å². The Hall–Kier alpha value is -3.05. The normalized spacial score (nSPS) is 19.4. The Morgan fingerprint density at radius 3 is 2.57 bits per heavy atom. The molecule has 1 fully saturated rings. The zero-order valence-electron chi connectivity index (χ0n) is 17.1. The zero-order valence-corrected chi connectivity index (χ0v) is 17.1. The first-order valence-corrected chi connectivity index (χ1v) is 10.6. The smallest absolute Gasteiger partial charge is 0.275 e. The van der Waals surface area contributed by atoms with Crippen molar-refractivity contribution in [2.24, 2.45) is 0 Å². The minimum Gasteiger partial charge on any atom is -0.391 e. The molecule has 5 rings (SSSR count). The third kappa shape index (κ3) is 3.29. The van der Waals surface area contributed by atoms with Gasteiger partial charge in [-0.2, -0.15) is 5.10 Å². The monoisotopic (exact) mass is 399 g/mol. The second kappa shape index (κ2) is 7.65. The van der Waals surface area contributed by atoms with Gasteiger partial charge in [-0.25, -0.2) is 4.68 Å². The third-order valence-electron chi connectivity index (χ3n) is 6.30. The second-order valence-electron chi connectivity index (χ2n) is 8.34. The summed E-state index contributed by atoms with van der Waals surface area (Å²) in [5.74, 6) is 0. The van der Waals surface area contributed by atoms with Gasteiger partial charge in [0, 0.05) is 17.3 Å². The molecule has 1 aliphatic rings. The number of benzene rings is 2. The fourth-order valence-electron chi connectivity index (χ4n) is 4.67. The fourth-order valence-corrected chi connectivity index (χ4v) is 4.67. The minimum absolute atomic E-state index is 0.118. The summed E-state index contributed by atoms with van der Waals surface area (Å²) in [6, 6.07) is 14.0. The van der Waals surface area contributed by atoms with Crippen LogP contribution in [0, 0.1) is 6.92 Å². The lowest BCUT2D eigenvalue weighted by Gasteiger charge is -2.28. The Morgan fingerprint density at radius 1 is 1.00 bits per heavy atom. The molecule has 2 atom stereocenters. The summed E-state index contributed by atoms with van der Waals surface area (Å²) in [6.45, 7) is 1.98. The van der Waals surface area contributed by atoms with Crippen LogP contribution in [-0.2, 0) is 6.42 Å². The van der Waals surface area contributed by atoms with E-state index in [-0.39, 0.29) is 11.6 Å². The summed E-state index contributed by atoms with van der Waals surface area (Å²) in [5, 5.41) is 18.6. The molecule has 0 amide bonds. The van der Waals surface area contributed by atoms with Crippen LogP contribution in [0.3, 0.4) is 0 Å². The van der Waals surface area contributed by atoms with Crippen LogP contribution in [0.4, 0.5) is 0 Å². The Kier molecular flexibility index (Phi) is 4.83. The van der Waals surface area contributed by atoms with E-state index in [2.05, 4.69) is 28.3 Å². The lowest BCUT2D eigenvalue weighted by molar-refractivity contribution is 0.0672. The molecule has 0 saturated heterocycles. The molecule has 0 spiro atoms. The quantitative estimate of drug-likeness (QED) is 0.521. The molecular weight excluding hydrogens is 374 g/mol. The van der Waals surface area contributed by atoms with Crippen LogP contribution in [0.2, 0.25) is 0 Å². The van der Waals surface area contributed by atoms with Crippen LogP contribution in [0.15, 0.2) is 59.7 Å². The molecule has 4 aromatic rings. The molecule has 0 aliphatic heterocycles. The Morgan fingerprint density at radius 2 is 1.80 bits per heavy atom. The van der Waals surface area contributed by atoms with E-state index in [1.807, 2.05) is 37.4 Å². The third-order valence-corrected chi connectivity index (χ3v) is 6.30. The number of aromatic nitrogens is 3. The van der Waals surface area contributed by atoms with Gasteiger partial charge >= 0.3 is 0 Å². The topological polar surface area (TPSA) is 68.0 Å². The van der Waals surface area contributed by atoms with Gasteiger partial charge in [0.2, 0.25) is 0 Å². The Bertz CT molecular complexity index is 1280. The average Bonchev–Trinajstić information content (AvgIpc) is 2.77. The van der Waals surface area contributed by atoms with Crippen LogP contribution in [0.1, 0.15) is 48.5 Å². The summed E-state index contributed by atoms with van der Waals surface area (Å²) >= 11 is 0. The van der Waals surface area contributed by atoms with Gasteiger partial charge in [0.05, 0.1) is 23.7 Å². The SMILES string of the molecule is Cc1ccc(Cc2cc3c(=O)n([C@H]4CCCC[C@@H]4O)ncc3c3ccccc23)cn1. The zero-order chi connectivity index (χ0) is 20.7. The van der Waals surface area contributed by atoms with E-state index in [0.29, 0.717) is 11.8 Å². The summed E-state index contributed by atoms with van der Waals surface area (Å²) < 4.78 is 1.51. The van der Waals surface area contributed by atoms with Crippen LogP contribution in [0.25, 0.3) is 21.5 Å². The molecule has 1 saturated carbocycles. The van der Waals surface area contributed by atoms with Crippen LogP contribution >= 0.6 is 0 Å². The van der Waals surface area contributed by atoms with Crippen molar-refractivity contribution in [3.8, 4) is 0 Å². The molecule has 152 valence electrons. The number of aryl methyl sites for hydroxylation is 1. The van der Waals surface area contributed by atoms with Crippen molar-refractivity contribution < 1.29 is 5.11 Å². The minimum atomic E-state index is -0.514. The molecule has 0 unspecified atom stereocenters. The van der Waals surface area contributed by atoms with Crippen molar-refractivity contribution in [2.75, 3.05) is 0 Å². The van der Waals surface area contributed by atoms with Gasteiger partial charge in [-0.15, -0.1) is 0 Å². The summed E-state index contributed by atoms with van der Waals surface area (Å²) in [4.78, 5) is 17.9. The summed E-state index contributed by atoms with van der Waals surface area (Å²) in [6.07, 6.45) is 7.40. The van der Waals surface area contributed by atoms with E-state index >= 15 is 0 Å². The van der Waals surface area contributed by atoms with Gasteiger partial charge in [0.15, 0.2) is 0 Å². The number of aliphatic hydroxyl groups excluding tert-OH is 1. The lowest BCUT2D eigenvalue weighted by Crippen LogP contribution is -2.36. The average molecular weight is 399 g/mol. The number of hydrogen-bond acceptors (Lipinski definition) is 4. The molecule has 0 bridgehead atoms. The number of nitrogens with zero attached hydrogens (tertiary/aromatic N) is 3. The van der Waals surface area contributed by atoms with Gasteiger partial charge in [-0.3, -0.25) is 9.78 Å².